The molecule has 0 spiro atoms. The van der Waals surface area contributed by atoms with Gasteiger partial charge in [0, 0.05) is 5.39 Å². The molecule has 1 N–H and O–H groups in total. The topological polar surface area (TPSA) is 55.1 Å². The zero-order chi connectivity index (χ0) is 20.1. The van der Waals surface area contributed by atoms with Crippen molar-refractivity contribution >= 4 is 16.9 Å². The number of aromatic nitrogens is 2. The smallest absolute Gasteiger partial charge is 0.307 e. The average Bonchev–Trinajstić information content (AvgIpc) is 3.47. The molecule has 0 radical (unpaired) electrons. The number of carboxylic acid groups (broad SMARTS) is 1. The van der Waals surface area contributed by atoms with Crippen molar-refractivity contribution in [3.63, 3.8) is 0 Å². The van der Waals surface area contributed by atoms with Crippen LogP contribution in [-0.2, 0) is 4.79 Å². The van der Waals surface area contributed by atoms with Gasteiger partial charge in [0.25, 0.3) is 0 Å². The van der Waals surface area contributed by atoms with E-state index in [4.69, 9.17) is 10.2 Å². The van der Waals surface area contributed by atoms with Gasteiger partial charge < -0.3 is 5.11 Å². The molecule has 0 bridgehead atoms. The standard InChI is InChI=1S/C25H22N2O2/c1-15-3-10-20(11-4-15)27-24-13-19(9-12-21(24)16(2)26-27)17-5-7-18(8-6-17)22-14-23(22)25(28)29/h3-13,22-23H,14H2,1-2H3,(H,28,29)/t22-,23+/m1/s1. The number of nitrogens with zero attached hydrogens (tertiary/aromatic N) is 2. The Labute approximate surface area is 169 Å². The molecule has 2 atom stereocenters. The molecule has 1 aliphatic rings. The normalized spacial score (nSPS) is 18.1. The largest absolute Gasteiger partial charge is 0.481 e. The predicted octanol–water partition coefficient (Wildman–Crippen LogP) is 5.50. The lowest BCUT2D eigenvalue weighted by atomic mass is 10.0. The van der Waals surface area contributed by atoms with E-state index in [1.54, 1.807) is 0 Å². The maximum Gasteiger partial charge on any atom is 0.307 e. The van der Waals surface area contributed by atoms with Gasteiger partial charge in [-0.1, -0.05) is 54.1 Å². The van der Waals surface area contributed by atoms with E-state index in [2.05, 4.69) is 73.7 Å². The SMILES string of the molecule is Cc1ccc(-n2nc(C)c3ccc(-c4ccc([C@H]5C[C@@H]5C(=O)O)cc4)cc32)cc1. The lowest BCUT2D eigenvalue weighted by molar-refractivity contribution is -0.138. The fraction of sp³-hybridized carbons (Fsp3) is 0.200. The molecule has 29 heavy (non-hydrogen) atoms. The van der Waals surface area contributed by atoms with Crippen LogP contribution in [0.2, 0.25) is 0 Å². The first-order valence-electron chi connectivity index (χ1n) is 9.91. The Morgan fingerprint density at radius 2 is 1.66 bits per heavy atom. The van der Waals surface area contributed by atoms with Crippen molar-refractivity contribution in [1.82, 2.24) is 9.78 Å². The summed E-state index contributed by atoms with van der Waals surface area (Å²) in [6.45, 7) is 4.12. The average molecular weight is 382 g/mol. The second-order valence-electron chi connectivity index (χ2n) is 7.97. The number of benzene rings is 3. The van der Waals surface area contributed by atoms with Gasteiger partial charge in [0.2, 0.25) is 0 Å². The van der Waals surface area contributed by atoms with Gasteiger partial charge in [0.15, 0.2) is 0 Å². The highest BCUT2D eigenvalue weighted by Gasteiger charge is 2.43. The molecular weight excluding hydrogens is 360 g/mol. The van der Waals surface area contributed by atoms with E-state index in [9.17, 15) is 4.79 Å². The Bertz CT molecular complexity index is 1220. The molecule has 1 heterocycles. The summed E-state index contributed by atoms with van der Waals surface area (Å²) in [5.74, 6) is -0.747. The van der Waals surface area contributed by atoms with Crippen LogP contribution in [0.5, 0.6) is 0 Å². The highest BCUT2D eigenvalue weighted by atomic mass is 16.4. The first-order chi connectivity index (χ1) is 14.0. The van der Waals surface area contributed by atoms with Crippen molar-refractivity contribution in [1.29, 1.82) is 0 Å². The number of aliphatic carboxylic acids is 1. The Hall–Kier alpha value is -3.40. The molecular formula is C25H22N2O2. The minimum Gasteiger partial charge on any atom is -0.481 e. The van der Waals surface area contributed by atoms with Crippen molar-refractivity contribution < 1.29 is 9.90 Å². The summed E-state index contributed by atoms with van der Waals surface area (Å²) in [5.41, 5.74) is 7.73. The molecule has 0 amide bonds. The highest BCUT2D eigenvalue weighted by Crippen LogP contribution is 2.47. The number of carboxylic acids is 1. The van der Waals surface area contributed by atoms with Crippen molar-refractivity contribution in [2.45, 2.75) is 26.2 Å². The van der Waals surface area contributed by atoms with E-state index in [1.807, 2.05) is 11.6 Å². The van der Waals surface area contributed by atoms with Gasteiger partial charge in [-0.2, -0.15) is 5.10 Å². The third-order valence-corrected chi connectivity index (χ3v) is 5.92. The number of carbonyl (C=O) groups is 1. The maximum atomic E-state index is 11.1. The zero-order valence-electron chi connectivity index (χ0n) is 16.5. The zero-order valence-corrected chi connectivity index (χ0v) is 16.5. The molecule has 0 aliphatic heterocycles. The van der Waals surface area contributed by atoms with E-state index in [-0.39, 0.29) is 11.8 Å². The molecule has 1 saturated carbocycles. The fourth-order valence-corrected chi connectivity index (χ4v) is 4.09. The Morgan fingerprint density at radius 3 is 2.31 bits per heavy atom. The van der Waals surface area contributed by atoms with Crippen LogP contribution < -0.4 is 0 Å². The van der Waals surface area contributed by atoms with Gasteiger partial charge in [-0.25, -0.2) is 4.68 Å². The fourth-order valence-electron chi connectivity index (χ4n) is 4.09. The van der Waals surface area contributed by atoms with Crippen LogP contribution in [0.1, 0.15) is 29.2 Å². The molecule has 0 saturated heterocycles. The monoisotopic (exact) mass is 382 g/mol. The molecule has 4 nitrogen and oxygen atoms in total. The maximum absolute atomic E-state index is 11.1. The third-order valence-electron chi connectivity index (χ3n) is 5.92. The van der Waals surface area contributed by atoms with Gasteiger partial charge in [-0.3, -0.25) is 4.79 Å². The molecule has 1 fully saturated rings. The lowest BCUT2D eigenvalue weighted by Gasteiger charge is -2.07. The molecule has 1 aromatic heterocycles. The van der Waals surface area contributed by atoms with Crippen LogP contribution in [-0.4, -0.2) is 20.9 Å². The second-order valence-corrected chi connectivity index (χ2v) is 7.97. The summed E-state index contributed by atoms with van der Waals surface area (Å²) in [4.78, 5) is 11.1. The number of hydrogen-bond acceptors (Lipinski definition) is 2. The molecule has 1 aliphatic carbocycles. The van der Waals surface area contributed by atoms with E-state index < -0.39 is 5.97 Å². The Kier molecular flexibility index (Phi) is 4.02. The van der Waals surface area contributed by atoms with E-state index in [1.165, 1.54) is 5.56 Å². The summed E-state index contributed by atoms with van der Waals surface area (Å²) in [5, 5.41) is 15.0. The lowest BCUT2D eigenvalue weighted by Crippen LogP contribution is -1.98. The van der Waals surface area contributed by atoms with Crippen LogP contribution in [0, 0.1) is 19.8 Å². The summed E-state index contributed by atoms with van der Waals surface area (Å²) < 4.78 is 2.00. The van der Waals surface area contributed by atoms with Crippen LogP contribution in [0.25, 0.3) is 27.7 Å². The van der Waals surface area contributed by atoms with Crippen molar-refractivity contribution in [3.05, 3.63) is 83.6 Å². The van der Waals surface area contributed by atoms with Gasteiger partial charge in [0.1, 0.15) is 0 Å². The minimum absolute atomic E-state index is 0.162. The number of rotatable bonds is 4. The molecule has 5 rings (SSSR count). The van der Waals surface area contributed by atoms with Gasteiger partial charge in [-0.15, -0.1) is 0 Å². The van der Waals surface area contributed by atoms with E-state index >= 15 is 0 Å². The number of fused-ring (bicyclic) bond motifs is 1. The minimum atomic E-state index is -0.690. The Balaban J connectivity index is 1.52. The third kappa shape index (κ3) is 3.11. The van der Waals surface area contributed by atoms with Gasteiger partial charge in [0.05, 0.1) is 22.8 Å². The van der Waals surface area contributed by atoms with E-state index in [0.717, 1.165) is 45.4 Å². The van der Waals surface area contributed by atoms with E-state index in [0.29, 0.717) is 0 Å². The van der Waals surface area contributed by atoms with Crippen LogP contribution in [0.3, 0.4) is 0 Å². The summed E-state index contributed by atoms with van der Waals surface area (Å²) in [6, 6.07) is 23.1. The summed E-state index contributed by atoms with van der Waals surface area (Å²) in [7, 11) is 0. The first-order valence-corrected chi connectivity index (χ1v) is 9.91. The van der Waals surface area contributed by atoms with Crippen LogP contribution >= 0.6 is 0 Å². The summed E-state index contributed by atoms with van der Waals surface area (Å²) in [6.07, 6.45) is 0.746. The molecule has 144 valence electrons. The second kappa shape index (κ2) is 6.59. The van der Waals surface area contributed by atoms with Crippen molar-refractivity contribution in [2.75, 3.05) is 0 Å². The molecule has 0 unspecified atom stereocenters. The number of hydrogen-bond donors (Lipinski definition) is 1. The van der Waals surface area contributed by atoms with Crippen LogP contribution in [0.4, 0.5) is 0 Å². The highest BCUT2D eigenvalue weighted by molar-refractivity contribution is 5.88. The molecule has 4 heteroatoms. The molecule has 3 aromatic carbocycles. The first kappa shape index (κ1) is 17.7. The van der Waals surface area contributed by atoms with Crippen LogP contribution in [0.15, 0.2) is 66.7 Å². The quantitative estimate of drug-likeness (QED) is 0.507. The van der Waals surface area contributed by atoms with Gasteiger partial charge in [-0.05, 0) is 61.1 Å². The Morgan fingerprint density at radius 1 is 0.966 bits per heavy atom. The van der Waals surface area contributed by atoms with Crippen molar-refractivity contribution in [3.8, 4) is 16.8 Å². The summed E-state index contributed by atoms with van der Waals surface area (Å²) >= 11 is 0. The predicted molar refractivity (Wildman–Crippen MR) is 114 cm³/mol. The van der Waals surface area contributed by atoms with Crippen molar-refractivity contribution in [2.24, 2.45) is 5.92 Å². The molecule has 4 aromatic rings. The van der Waals surface area contributed by atoms with Gasteiger partial charge >= 0.3 is 5.97 Å². The number of aryl methyl sites for hydroxylation is 2.